The van der Waals surface area contributed by atoms with Crippen LogP contribution in [0, 0.1) is 11.8 Å². The SMILES string of the molecule is CC(C)CNCCCNCC(C(F)(F)F)C(F)(F)F. The summed E-state index contributed by atoms with van der Waals surface area (Å²) in [6.07, 6.45) is -10.0. The van der Waals surface area contributed by atoms with Crippen LogP contribution in [-0.2, 0) is 0 Å². The van der Waals surface area contributed by atoms with E-state index in [0.29, 0.717) is 18.9 Å². The lowest BCUT2D eigenvalue weighted by molar-refractivity contribution is -0.281. The van der Waals surface area contributed by atoms with Crippen LogP contribution in [-0.4, -0.2) is 38.5 Å². The van der Waals surface area contributed by atoms with Crippen molar-refractivity contribution in [2.75, 3.05) is 26.2 Å². The molecule has 0 spiro atoms. The van der Waals surface area contributed by atoms with Crippen LogP contribution in [0.25, 0.3) is 0 Å². The van der Waals surface area contributed by atoms with Crippen LogP contribution < -0.4 is 10.6 Å². The maximum absolute atomic E-state index is 12.2. The van der Waals surface area contributed by atoms with Gasteiger partial charge in [-0.05, 0) is 32.0 Å². The molecule has 0 aromatic heterocycles. The van der Waals surface area contributed by atoms with Crippen molar-refractivity contribution in [2.24, 2.45) is 11.8 Å². The Bertz CT molecular complexity index is 222. The third-order valence-corrected chi connectivity index (χ3v) is 2.40. The molecule has 0 aliphatic carbocycles. The van der Waals surface area contributed by atoms with Crippen LogP contribution >= 0.6 is 0 Å². The summed E-state index contributed by atoms with van der Waals surface area (Å²) >= 11 is 0. The highest BCUT2D eigenvalue weighted by molar-refractivity contribution is 4.77. The van der Waals surface area contributed by atoms with Crippen LogP contribution in [0.4, 0.5) is 26.3 Å². The van der Waals surface area contributed by atoms with Gasteiger partial charge in [-0.15, -0.1) is 0 Å². The number of rotatable bonds is 8. The molecular formula is C11H20F6N2. The van der Waals surface area contributed by atoms with E-state index < -0.39 is 24.8 Å². The summed E-state index contributed by atoms with van der Waals surface area (Å²) in [5.41, 5.74) is 0. The van der Waals surface area contributed by atoms with Gasteiger partial charge in [-0.25, -0.2) is 0 Å². The van der Waals surface area contributed by atoms with Gasteiger partial charge < -0.3 is 10.6 Å². The van der Waals surface area contributed by atoms with Crippen molar-refractivity contribution in [1.29, 1.82) is 0 Å². The van der Waals surface area contributed by atoms with Crippen LogP contribution in [0.5, 0.6) is 0 Å². The second kappa shape index (κ2) is 7.94. The fraction of sp³-hybridized carbons (Fsp3) is 1.00. The molecule has 0 unspecified atom stereocenters. The fourth-order valence-corrected chi connectivity index (χ4v) is 1.39. The molecule has 0 rings (SSSR count). The highest BCUT2D eigenvalue weighted by Crippen LogP contribution is 2.38. The highest BCUT2D eigenvalue weighted by Gasteiger charge is 2.56. The standard InChI is InChI=1S/C11H20F6N2/c1-8(2)6-18-4-3-5-19-7-9(10(12,13)14)11(15,16)17/h8-9,18-19H,3-7H2,1-2H3. The summed E-state index contributed by atoms with van der Waals surface area (Å²) in [6, 6.07) is 0. The van der Waals surface area contributed by atoms with Gasteiger partial charge in [-0.2, -0.15) is 26.3 Å². The smallest absolute Gasteiger partial charge is 0.316 e. The Labute approximate surface area is 108 Å². The number of hydrogen-bond acceptors (Lipinski definition) is 2. The molecule has 0 amide bonds. The second-order valence-corrected chi connectivity index (χ2v) is 4.79. The number of alkyl halides is 6. The molecule has 0 aromatic rings. The van der Waals surface area contributed by atoms with Crippen molar-refractivity contribution < 1.29 is 26.3 Å². The summed E-state index contributed by atoms with van der Waals surface area (Å²) in [5.74, 6) is -2.85. The Morgan fingerprint density at radius 3 is 1.58 bits per heavy atom. The van der Waals surface area contributed by atoms with Crippen LogP contribution in [0.3, 0.4) is 0 Å². The molecule has 0 aliphatic heterocycles. The van der Waals surface area contributed by atoms with Gasteiger partial charge in [0.25, 0.3) is 0 Å². The molecule has 0 aliphatic rings. The first-order valence-electron chi connectivity index (χ1n) is 6.10. The molecule has 19 heavy (non-hydrogen) atoms. The molecule has 0 fully saturated rings. The van der Waals surface area contributed by atoms with Crippen LogP contribution in [0.2, 0.25) is 0 Å². The topological polar surface area (TPSA) is 24.1 Å². The third-order valence-electron chi connectivity index (χ3n) is 2.40. The molecule has 0 radical (unpaired) electrons. The van der Waals surface area contributed by atoms with Gasteiger partial charge in [0, 0.05) is 6.54 Å². The van der Waals surface area contributed by atoms with Gasteiger partial charge in [0.05, 0.1) is 0 Å². The van der Waals surface area contributed by atoms with Crippen molar-refractivity contribution in [2.45, 2.75) is 32.6 Å². The largest absolute Gasteiger partial charge is 0.401 e. The lowest BCUT2D eigenvalue weighted by Crippen LogP contribution is -2.43. The molecule has 0 saturated heterocycles. The normalized spacial score (nSPS) is 13.6. The first-order valence-corrected chi connectivity index (χ1v) is 6.10. The minimum absolute atomic E-state index is 0.119. The lowest BCUT2D eigenvalue weighted by atomic mass is 10.1. The molecule has 0 atom stereocenters. The molecule has 0 bridgehead atoms. The molecule has 116 valence electrons. The van der Waals surface area contributed by atoms with Crippen molar-refractivity contribution >= 4 is 0 Å². The van der Waals surface area contributed by atoms with Gasteiger partial charge >= 0.3 is 12.4 Å². The van der Waals surface area contributed by atoms with E-state index in [-0.39, 0.29) is 6.54 Å². The molecule has 0 saturated carbocycles. The van der Waals surface area contributed by atoms with Gasteiger partial charge in [0.1, 0.15) is 0 Å². The Morgan fingerprint density at radius 1 is 0.789 bits per heavy atom. The van der Waals surface area contributed by atoms with Crippen molar-refractivity contribution in [3.05, 3.63) is 0 Å². The van der Waals surface area contributed by atoms with E-state index in [1.807, 2.05) is 13.8 Å². The Hall–Kier alpha value is -0.500. The predicted molar refractivity (Wildman–Crippen MR) is 60.8 cm³/mol. The van der Waals surface area contributed by atoms with E-state index in [0.717, 1.165) is 6.54 Å². The van der Waals surface area contributed by atoms with E-state index in [1.165, 1.54) is 0 Å². The maximum Gasteiger partial charge on any atom is 0.401 e. The summed E-state index contributed by atoms with van der Waals surface area (Å²) in [6.45, 7) is 4.33. The van der Waals surface area contributed by atoms with Gasteiger partial charge in [0.2, 0.25) is 0 Å². The molecule has 0 aromatic carbocycles. The molecular weight excluding hydrogens is 274 g/mol. The van der Waals surface area contributed by atoms with E-state index in [2.05, 4.69) is 10.6 Å². The maximum atomic E-state index is 12.2. The second-order valence-electron chi connectivity index (χ2n) is 4.79. The zero-order valence-corrected chi connectivity index (χ0v) is 11.0. The fourth-order valence-electron chi connectivity index (χ4n) is 1.39. The third kappa shape index (κ3) is 9.10. The zero-order valence-electron chi connectivity index (χ0n) is 11.0. The summed E-state index contributed by atoms with van der Waals surface area (Å²) in [7, 11) is 0. The minimum atomic E-state index is -5.26. The lowest BCUT2D eigenvalue weighted by Gasteiger charge is -2.23. The Kier molecular flexibility index (Phi) is 7.73. The van der Waals surface area contributed by atoms with E-state index in [9.17, 15) is 26.3 Å². The molecule has 8 heteroatoms. The first kappa shape index (κ1) is 18.5. The van der Waals surface area contributed by atoms with Crippen molar-refractivity contribution in [1.82, 2.24) is 10.6 Å². The van der Waals surface area contributed by atoms with E-state index in [1.54, 1.807) is 0 Å². The Balaban J connectivity index is 3.84. The summed E-state index contributed by atoms with van der Waals surface area (Å²) in [5, 5.41) is 5.26. The average Bonchev–Trinajstić information content (AvgIpc) is 2.17. The zero-order chi connectivity index (χ0) is 15.1. The number of halogens is 6. The monoisotopic (exact) mass is 294 g/mol. The Morgan fingerprint density at radius 2 is 1.21 bits per heavy atom. The summed E-state index contributed by atoms with van der Waals surface area (Å²) < 4.78 is 73.0. The summed E-state index contributed by atoms with van der Waals surface area (Å²) in [4.78, 5) is 0. The number of nitrogens with one attached hydrogen (secondary N) is 2. The predicted octanol–water partition coefficient (Wildman–Crippen LogP) is 2.95. The van der Waals surface area contributed by atoms with Gasteiger partial charge in [-0.1, -0.05) is 13.8 Å². The van der Waals surface area contributed by atoms with E-state index >= 15 is 0 Å². The van der Waals surface area contributed by atoms with Crippen LogP contribution in [0.15, 0.2) is 0 Å². The quantitative estimate of drug-likeness (QED) is 0.531. The molecule has 2 N–H and O–H groups in total. The van der Waals surface area contributed by atoms with E-state index in [4.69, 9.17) is 0 Å². The number of hydrogen-bond donors (Lipinski definition) is 2. The van der Waals surface area contributed by atoms with Gasteiger partial charge in [-0.3, -0.25) is 0 Å². The van der Waals surface area contributed by atoms with Crippen molar-refractivity contribution in [3.63, 3.8) is 0 Å². The van der Waals surface area contributed by atoms with Gasteiger partial charge in [0.15, 0.2) is 5.92 Å². The first-order chi connectivity index (χ1) is 8.55. The minimum Gasteiger partial charge on any atom is -0.316 e. The van der Waals surface area contributed by atoms with Crippen molar-refractivity contribution in [3.8, 4) is 0 Å². The van der Waals surface area contributed by atoms with Crippen LogP contribution in [0.1, 0.15) is 20.3 Å². The molecule has 0 heterocycles. The average molecular weight is 294 g/mol. The highest BCUT2D eigenvalue weighted by atomic mass is 19.4. The molecule has 2 nitrogen and oxygen atoms in total.